The first-order chi connectivity index (χ1) is 13.1. The molecule has 0 spiro atoms. The number of nitrogens with one attached hydrogen (secondary N) is 2. The lowest BCUT2D eigenvalue weighted by molar-refractivity contribution is -0.129. The van der Waals surface area contributed by atoms with Crippen molar-refractivity contribution >= 4 is 11.6 Å². The van der Waals surface area contributed by atoms with Gasteiger partial charge in [0.15, 0.2) is 11.6 Å². The number of hydrogen-bond donors (Lipinski definition) is 3. The topological polar surface area (TPSA) is 84.2 Å². The van der Waals surface area contributed by atoms with Crippen LogP contribution in [0, 0.1) is 10.8 Å². The third-order valence-corrected chi connectivity index (χ3v) is 4.39. The number of nitrogens with two attached hydrogens (primary N) is 1. The van der Waals surface area contributed by atoms with Crippen LogP contribution >= 0.6 is 0 Å². The van der Waals surface area contributed by atoms with Gasteiger partial charge in [-0.25, -0.2) is 0 Å². The molecule has 2 atom stereocenters. The Morgan fingerprint density at radius 2 is 1.10 bits per heavy atom. The summed E-state index contributed by atoms with van der Waals surface area (Å²) in [6.07, 6.45) is 2.87. The summed E-state index contributed by atoms with van der Waals surface area (Å²) < 4.78 is 0. The fraction of sp³-hybridized carbons (Fsp3) is 0.920. The minimum atomic E-state index is -0.286. The first kappa shape index (κ1) is 31.4. The molecule has 30 heavy (non-hydrogen) atoms. The highest BCUT2D eigenvalue weighted by atomic mass is 16.1. The maximum Gasteiger partial charge on any atom is 0.155 e. The van der Waals surface area contributed by atoms with E-state index in [9.17, 15) is 9.59 Å². The molecule has 0 aliphatic rings. The lowest BCUT2D eigenvalue weighted by Crippen LogP contribution is -2.50. The fourth-order valence-corrected chi connectivity index (χ4v) is 3.17. The monoisotopic (exact) mass is 427 g/mol. The van der Waals surface area contributed by atoms with Crippen molar-refractivity contribution in [3.63, 3.8) is 0 Å². The Balaban J connectivity index is 0. The number of carbonyl (C=O) groups is 2. The average Bonchev–Trinajstić information content (AvgIpc) is 2.48. The van der Waals surface area contributed by atoms with E-state index in [1.165, 1.54) is 0 Å². The highest BCUT2D eigenvalue weighted by molar-refractivity contribution is 5.89. The minimum absolute atomic E-state index is 0.000324. The number of ketones is 2. The second-order valence-electron chi connectivity index (χ2n) is 12.6. The second-order valence-corrected chi connectivity index (χ2v) is 12.6. The maximum atomic E-state index is 12.3. The SMILES string of the molecule is CC(C)(C)N[C@@H](CCCCN)C(=O)C(C)(C)C.C[C@H](NC(C)(C)C)C(=O)C(C)(C)C. The molecule has 0 bridgehead atoms. The van der Waals surface area contributed by atoms with Gasteiger partial charge in [-0.05, 0) is 67.9 Å². The Bertz CT molecular complexity index is 514. The van der Waals surface area contributed by atoms with Gasteiger partial charge in [0.25, 0.3) is 0 Å². The van der Waals surface area contributed by atoms with Crippen LogP contribution in [-0.2, 0) is 9.59 Å². The van der Waals surface area contributed by atoms with E-state index < -0.39 is 0 Å². The highest BCUT2D eigenvalue weighted by Crippen LogP contribution is 2.21. The van der Waals surface area contributed by atoms with E-state index in [2.05, 4.69) is 52.2 Å². The number of Topliss-reactive ketones (excluding diaryl/α,β-unsaturated/α-hetero) is 2. The van der Waals surface area contributed by atoms with Crippen LogP contribution in [-0.4, -0.2) is 41.3 Å². The zero-order chi connectivity index (χ0) is 24.6. The van der Waals surface area contributed by atoms with Gasteiger partial charge in [-0.15, -0.1) is 0 Å². The number of unbranched alkanes of at least 4 members (excludes halogenated alkanes) is 1. The van der Waals surface area contributed by atoms with Gasteiger partial charge in [0, 0.05) is 21.9 Å². The molecule has 0 fully saturated rings. The lowest BCUT2D eigenvalue weighted by atomic mass is 9.84. The van der Waals surface area contributed by atoms with Crippen LogP contribution in [0.2, 0.25) is 0 Å². The standard InChI is InChI=1S/C14H30N2O.C11H23NO/c1-13(2,3)12(17)11(9-7-8-10-15)16-14(4,5)6;1-8(12-11(5,6)7)9(13)10(2,3)4/h11,16H,7-10,15H2,1-6H3;8,12H,1-7H3/t11-;8-/m00/s1. The van der Waals surface area contributed by atoms with Crippen LogP contribution in [0.3, 0.4) is 0 Å². The Hall–Kier alpha value is -0.780. The van der Waals surface area contributed by atoms with Crippen molar-refractivity contribution in [2.45, 2.75) is 132 Å². The van der Waals surface area contributed by atoms with Gasteiger partial charge in [-0.1, -0.05) is 48.0 Å². The van der Waals surface area contributed by atoms with Crippen molar-refractivity contribution in [1.82, 2.24) is 10.6 Å². The van der Waals surface area contributed by atoms with Gasteiger partial charge in [0.2, 0.25) is 0 Å². The number of hydrogen-bond acceptors (Lipinski definition) is 5. The second kappa shape index (κ2) is 12.3. The van der Waals surface area contributed by atoms with E-state index in [-0.39, 0.29) is 39.8 Å². The molecule has 0 rings (SSSR count). The molecule has 0 saturated carbocycles. The van der Waals surface area contributed by atoms with Crippen molar-refractivity contribution in [3.8, 4) is 0 Å². The predicted molar refractivity (Wildman–Crippen MR) is 131 cm³/mol. The quantitative estimate of drug-likeness (QED) is 0.481. The summed E-state index contributed by atoms with van der Waals surface area (Å²) >= 11 is 0. The molecule has 0 aliphatic heterocycles. The van der Waals surface area contributed by atoms with E-state index in [0.717, 1.165) is 19.3 Å². The van der Waals surface area contributed by atoms with Crippen molar-refractivity contribution in [2.75, 3.05) is 6.54 Å². The molecule has 0 aromatic carbocycles. The van der Waals surface area contributed by atoms with Gasteiger partial charge in [0.05, 0.1) is 12.1 Å². The molecule has 5 heteroatoms. The summed E-state index contributed by atoms with van der Waals surface area (Å²) in [4.78, 5) is 24.1. The van der Waals surface area contributed by atoms with E-state index in [1.54, 1.807) is 0 Å². The molecule has 0 radical (unpaired) electrons. The summed E-state index contributed by atoms with van der Waals surface area (Å²) in [5.41, 5.74) is 4.93. The molecule has 0 heterocycles. The molecule has 0 aromatic rings. The molecule has 5 nitrogen and oxygen atoms in total. The van der Waals surface area contributed by atoms with E-state index in [1.807, 2.05) is 48.5 Å². The van der Waals surface area contributed by atoms with Crippen LogP contribution in [0.25, 0.3) is 0 Å². The number of carbonyl (C=O) groups excluding carboxylic acids is 2. The first-order valence-electron chi connectivity index (χ1n) is 11.5. The average molecular weight is 428 g/mol. The van der Waals surface area contributed by atoms with Crippen molar-refractivity contribution in [1.29, 1.82) is 0 Å². The normalized spacial score (nSPS) is 15.1. The third-order valence-electron chi connectivity index (χ3n) is 4.39. The summed E-state index contributed by atoms with van der Waals surface area (Å²) in [5, 5.41) is 6.71. The maximum absolute atomic E-state index is 12.3. The van der Waals surface area contributed by atoms with Crippen molar-refractivity contribution in [3.05, 3.63) is 0 Å². The molecule has 0 amide bonds. The third kappa shape index (κ3) is 16.0. The van der Waals surface area contributed by atoms with Crippen LogP contribution < -0.4 is 16.4 Å². The molecule has 0 aromatic heterocycles. The van der Waals surface area contributed by atoms with Crippen LogP contribution in [0.1, 0.15) is 109 Å². The zero-order valence-corrected chi connectivity index (χ0v) is 22.4. The fourth-order valence-electron chi connectivity index (χ4n) is 3.17. The molecule has 180 valence electrons. The van der Waals surface area contributed by atoms with Gasteiger partial charge in [0.1, 0.15) is 0 Å². The first-order valence-corrected chi connectivity index (χ1v) is 11.5. The van der Waals surface area contributed by atoms with Gasteiger partial charge in [-0.2, -0.15) is 0 Å². The van der Waals surface area contributed by atoms with Crippen LogP contribution in [0.5, 0.6) is 0 Å². The Morgan fingerprint density at radius 1 is 0.700 bits per heavy atom. The predicted octanol–water partition coefficient (Wildman–Crippen LogP) is 4.87. The summed E-state index contributed by atoms with van der Waals surface area (Å²) in [6.45, 7) is 26.9. The van der Waals surface area contributed by atoms with Gasteiger partial charge < -0.3 is 16.4 Å². The van der Waals surface area contributed by atoms with Crippen LogP contribution in [0.4, 0.5) is 0 Å². The minimum Gasteiger partial charge on any atom is -0.330 e. The van der Waals surface area contributed by atoms with E-state index in [0.29, 0.717) is 12.3 Å². The molecule has 0 unspecified atom stereocenters. The number of rotatable bonds is 8. The smallest absolute Gasteiger partial charge is 0.155 e. The summed E-state index contributed by atoms with van der Waals surface area (Å²) in [6, 6.07) is -0.124. The molecule has 4 N–H and O–H groups in total. The zero-order valence-electron chi connectivity index (χ0n) is 22.4. The Labute approximate surface area is 187 Å². The largest absolute Gasteiger partial charge is 0.330 e. The van der Waals surface area contributed by atoms with Crippen LogP contribution in [0.15, 0.2) is 0 Å². The Kier molecular flexibility index (Phi) is 12.9. The van der Waals surface area contributed by atoms with E-state index >= 15 is 0 Å². The van der Waals surface area contributed by atoms with Gasteiger partial charge >= 0.3 is 0 Å². The van der Waals surface area contributed by atoms with Gasteiger partial charge in [-0.3, -0.25) is 9.59 Å². The Morgan fingerprint density at radius 3 is 1.40 bits per heavy atom. The van der Waals surface area contributed by atoms with Crippen molar-refractivity contribution in [2.24, 2.45) is 16.6 Å². The molecule has 0 aliphatic carbocycles. The van der Waals surface area contributed by atoms with Crippen molar-refractivity contribution < 1.29 is 9.59 Å². The molecular weight excluding hydrogens is 374 g/mol. The lowest BCUT2D eigenvalue weighted by Gasteiger charge is -2.31. The summed E-state index contributed by atoms with van der Waals surface area (Å²) in [7, 11) is 0. The molecule has 0 saturated heterocycles. The summed E-state index contributed by atoms with van der Waals surface area (Å²) in [5.74, 6) is 0.562. The highest BCUT2D eigenvalue weighted by Gasteiger charge is 2.31. The van der Waals surface area contributed by atoms with E-state index in [4.69, 9.17) is 5.73 Å². The molecular formula is C25H53N3O2.